The Morgan fingerprint density at radius 1 is 1.20 bits per heavy atom. The molecule has 0 aliphatic heterocycles. The molecule has 2 aromatic rings. The zero-order chi connectivity index (χ0) is 14.7. The van der Waals surface area contributed by atoms with Crippen LogP contribution < -0.4 is 4.90 Å². The van der Waals surface area contributed by atoms with Gasteiger partial charge in [0.2, 0.25) is 0 Å². The SMILES string of the molecule is CC(C)c1cc(C(=O)N(C)c2ccccc2)cc(Cl)n1. The summed E-state index contributed by atoms with van der Waals surface area (Å²) in [4.78, 5) is 18.4. The van der Waals surface area contributed by atoms with Gasteiger partial charge in [-0.05, 0) is 30.2 Å². The number of carbonyl (C=O) groups excluding carboxylic acids is 1. The molecular formula is C16H17ClN2O. The maximum atomic E-state index is 12.5. The Morgan fingerprint density at radius 3 is 2.45 bits per heavy atom. The van der Waals surface area contributed by atoms with Crippen molar-refractivity contribution in [2.75, 3.05) is 11.9 Å². The number of rotatable bonds is 3. The lowest BCUT2D eigenvalue weighted by molar-refractivity contribution is 0.0993. The van der Waals surface area contributed by atoms with Crippen LogP contribution in [0.3, 0.4) is 0 Å². The normalized spacial score (nSPS) is 10.7. The van der Waals surface area contributed by atoms with E-state index < -0.39 is 0 Å². The van der Waals surface area contributed by atoms with Crippen molar-refractivity contribution >= 4 is 23.2 Å². The van der Waals surface area contributed by atoms with Crippen molar-refractivity contribution in [1.82, 2.24) is 4.98 Å². The summed E-state index contributed by atoms with van der Waals surface area (Å²) < 4.78 is 0. The molecule has 20 heavy (non-hydrogen) atoms. The molecule has 104 valence electrons. The number of hydrogen-bond donors (Lipinski definition) is 0. The van der Waals surface area contributed by atoms with E-state index in [0.29, 0.717) is 10.7 Å². The molecule has 4 heteroatoms. The molecule has 0 bridgehead atoms. The average molecular weight is 289 g/mol. The van der Waals surface area contributed by atoms with Crippen molar-refractivity contribution in [2.24, 2.45) is 0 Å². The third-order valence-electron chi connectivity index (χ3n) is 3.10. The third kappa shape index (κ3) is 3.17. The molecule has 0 saturated heterocycles. The Balaban J connectivity index is 2.34. The van der Waals surface area contributed by atoms with Crippen LogP contribution in [0, 0.1) is 0 Å². The number of carbonyl (C=O) groups is 1. The Labute approximate surface area is 124 Å². The van der Waals surface area contributed by atoms with E-state index in [-0.39, 0.29) is 11.8 Å². The number of para-hydroxylation sites is 1. The molecule has 0 N–H and O–H groups in total. The number of halogens is 1. The molecule has 0 aliphatic carbocycles. The number of nitrogens with zero attached hydrogens (tertiary/aromatic N) is 2. The fourth-order valence-corrected chi connectivity index (χ4v) is 2.11. The van der Waals surface area contributed by atoms with Gasteiger partial charge < -0.3 is 4.90 Å². The summed E-state index contributed by atoms with van der Waals surface area (Å²) in [6.07, 6.45) is 0. The van der Waals surface area contributed by atoms with Gasteiger partial charge in [-0.25, -0.2) is 4.98 Å². The van der Waals surface area contributed by atoms with Crippen molar-refractivity contribution in [3.8, 4) is 0 Å². The van der Waals surface area contributed by atoms with Crippen LogP contribution in [0.4, 0.5) is 5.69 Å². The first-order chi connectivity index (χ1) is 9.49. The third-order valence-corrected chi connectivity index (χ3v) is 3.29. The second kappa shape index (κ2) is 6.06. The average Bonchev–Trinajstić information content (AvgIpc) is 2.46. The van der Waals surface area contributed by atoms with E-state index in [9.17, 15) is 4.79 Å². The Hall–Kier alpha value is -1.87. The van der Waals surface area contributed by atoms with Gasteiger partial charge in [-0.2, -0.15) is 0 Å². The quantitative estimate of drug-likeness (QED) is 0.796. The highest BCUT2D eigenvalue weighted by Crippen LogP contribution is 2.20. The standard InChI is InChI=1S/C16H17ClN2O/c1-11(2)14-9-12(10-15(17)18-14)16(20)19(3)13-7-5-4-6-8-13/h4-11H,1-3H3. The minimum atomic E-state index is -0.0950. The highest BCUT2D eigenvalue weighted by Gasteiger charge is 2.16. The van der Waals surface area contributed by atoms with E-state index in [1.165, 1.54) is 0 Å². The van der Waals surface area contributed by atoms with Crippen LogP contribution in [0.2, 0.25) is 5.15 Å². The van der Waals surface area contributed by atoms with Crippen LogP contribution in [0.15, 0.2) is 42.5 Å². The molecule has 1 amide bonds. The van der Waals surface area contributed by atoms with Crippen molar-refractivity contribution < 1.29 is 4.79 Å². The largest absolute Gasteiger partial charge is 0.311 e. The summed E-state index contributed by atoms with van der Waals surface area (Å²) in [6, 6.07) is 12.9. The number of pyridine rings is 1. The van der Waals surface area contributed by atoms with E-state index >= 15 is 0 Å². The minimum absolute atomic E-state index is 0.0950. The summed E-state index contributed by atoms with van der Waals surface area (Å²) in [5.74, 6) is 0.129. The van der Waals surface area contributed by atoms with Gasteiger partial charge in [0.05, 0.1) is 0 Å². The van der Waals surface area contributed by atoms with Crippen molar-refractivity contribution in [3.63, 3.8) is 0 Å². The molecule has 2 rings (SSSR count). The van der Waals surface area contributed by atoms with E-state index in [4.69, 9.17) is 11.6 Å². The van der Waals surface area contributed by atoms with E-state index in [2.05, 4.69) is 4.98 Å². The number of aromatic nitrogens is 1. The van der Waals surface area contributed by atoms with Crippen molar-refractivity contribution in [1.29, 1.82) is 0 Å². The number of hydrogen-bond acceptors (Lipinski definition) is 2. The molecule has 0 atom stereocenters. The highest BCUT2D eigenvalue weighted by molar-refractivity contribution is 6.29. The second-order valence-corrected chi connectivity index (χ2v) is 5.35. The molecule has 0 spiro atoms. The van der Waals surface area contributed by atoms with Crippen LogP contribution in [0.25, 0.3) is 0 Å². The van der Waals surface area contributed by atoms with Gasteiger partial charge >= 0.3 is 0 Å². The van der Waals surface area contributed by atoms with Crippen molar-refractivity contribution in [3.05, 3.63) is 58.9 Å². The van der Waals surface area contributed by atoms with Crippen LogP contribution in [-0.2, 0) is 0 Å². The Kier molecular flexibility index (Phi) is 4.40. The van der Waals surface area contributed by atoms with Crippen molar-refractivity contribution in [2.45, 2.75) is 19.8 Å². The summed E-state index contributed by atoms with van der Waals surface area (Å²) in [5, 5.41) is 0.348. The number of amides is 1. The lowest BCUT2D eigenvalue weighted by Gasteiger charge is -2.18. The minimum Gasteiger partial charge on any atom is -0.311 e. The fraction of sp³-hybridized carbons (Fsp3) is 0.250. The molecule has 1 aromatic heterocycles. The molecule has 0 aliphatic rings. The number of anilines is 1. The topological polar surface area (TPSA) is 33.2 Å². The molecule has 3 nitrogen and oxygen atoms in total. The van der Waals surface area contributed by atoms with Gasteiger partial charge in [-0.15, -0.1) is 0 Å². The molecule has 1 heterocycles. The lowest BCUT2D eigenvalue weighted by atomic mass is 10.1. The first kappa shape index (κ1) is 14.5. The smallest absolute Gasteiger partial charge is 0.258 e. The summed E-state index contributed by atoms with van der Waals surface area (Å²) in [7, 11) is 1.75. The summed E-state index contributed by atoms with van der Waals surface area (Å²) in [6.45, 7) is 4.04. The monoisotopic (exact) mass is 288 g/mol. The van der Waals surface area contributed by atoms with Gasteiger partial charge in [0.15, 0.2) is 0 Å². The van der Waals surface area contributed by atoms with Gasteiger partial charge in [-0.1, -0.05) is 43.6 Å². The zero-order valence-electron chi connectivity index (χ0n) is 11.8. The van der Waals surface area contributed by atoms with E-state index in [1.807, 2.05) is 44.2 Å². The predicted octanol–water partition coefficient (Wildman–Crippen LogP) is 4.14. The Bertz CT molecular complexity index is 611. The van der Waals surface area contributed by atoms with Gasteiger partial charge in [-0.3, -0.25) is 4.79 Å². The van der Waals surface area contributed by atoms with Gasteiger partial charge in [0.25, 0.3) is 5.91 Å². The maximum Gasteiger partial charge on any atom is 0.258 e. The van der Waals surface area contributed by atoms with Crippen LogP contribution in [-0.4, -0.2) is 17.9 Å². The first-order valence-electron chi connectivity index (χ1n) is 6.49. The Morgan fingerprint density at radius 2 is 1.85 bits per heavy atom. The maximum absolute atomic E-state index is 12.5. The van der Waals surface area contributed by atoms with Gasteiger partial charge in [0.1, 0.15) is 5.15 Å². The molecule has 1 aromatic carbocycles. The highest BCUT2D eigenvalue weighted by atomic mass is 35.5. The predicted molar refractivity (Wildman–Crippen MR) is 82.5 cm³/mol. The van der Waals surface area contributed by atoms with Crippen LogP contribution in [0.1, 0.15) is 35.8 Å². The fourth-order valence-electron chi connectivity index (χ4n) is 1.90. The van der Waals surface area contributed by atoms with E-state index in [1.54, 1.807) is 24.1 Å². The molecule has 0 saturated carbocycles. The number of benzene rings is 1. The van der Waals surface area contributed by atoms with Crippen LogP contribution in [0.5, 0.6) is 0 Å². The zero-order valence-corrected chi connectivity index (χ0v) is 12.6. The molecular weight excluding hydrogens is 272 g/mol. The second-order valence-electron chi connectivity index (χ2n) is 4.96. The van der Waals surface area contributed by atoms with Crippen LogP contribution >= 0.6 is 11.6 Å². The first-order valence-corrected chi connectivity index (χ1v) is 6.87. The summed E-state index contributed by atoms with van der Waals surface area (Å²) in [5.41, 5.74) is 2.22. The van der Waals surface area contributed by atoms with Gasteiger partial charge in [0, 0.05) is 24.0 Å². The lowest BCUT2D eigenvalue weighted by Crippen LogP contribution is -2.26. The van der Waals surface area contributed by atoms with E-state index in [0.717, 1.165) is 11.4 Å². The molecule has 0 unspecified atom stereocenters. The molecule has 0 fully saturated rings. The summed E-state index contributed by atoms with van der Waals surface area (Å²) >= 11 is 6.01. The molecule has 0 radical (unpaired) electrons.